The van der Waals surface area contributed by atoms with E-state index < -0.39 is 11.9 Å². The number of hydrogen-bond donors (Lipinski definition) is 1. The second-order valence-electron chi connectivity index (χ2n) is 9.75. The van der Waals surface area contributed by atoms with E-state index >= 15 is 0 Å². The summed E-state index contributed by atoms with van der Waals surface area (Å²) < 4.78 is 1.33. The number of quaternary nitrogens is 1. The van der Waals surface area contributed by atoms with Gasteiger partial charge in [0.25, 0.3) is 0 Å². The molecule has 0 heterocycles. The maximum absolute atomic E-state index is 10.4. The zero-order valence-corrected chi connectivity index (χ0v) is 23.2. The molecule has 5 nitrogen and oxygen atoms in total. The van der Waals surface area contributed by atoms with Crippen molar-refractivity contribution in [2.45, 2.75) is 118 Å². The number of carbonyl (C=O) groups excluding carboxylic acids is 1. The van der Waals surface area contributed by atoms with Gasteiger partial charge in [0.15, 0.2) is 0 Å². The Morgan fingerprint density at radius 2 is 1.03 bits per heavy atom. The number of benzene rings is 1. The number of carboxylic acids is 2. The Labute approximate surface area is 215 Å². The van der Waals surface area contributed by atoms with Crippen molar-refractivity contribution in [2.75, 3.05) is 26.2 Å². The number of aromatic carboxylic acids is 2. The van der Waals surface area contributed by atoms with E-state index in [0.29, 0.717) is 0 Å². The van der Waals surface area contributed by atoms with E-state index in [1.54, 1.807) is 0 Å². The molecule has 0 radical (unpaired) electrons. The van der Waals surface area contributed by atoms with Crippen LogP contribution in [0.1, 0.15) is 138 Å². The van der Waals surface area contributed by atoms with Gasteiger partial charge >= 0.3 is 5.97 Å². The molecule has 0 atom stereocenters. The van der Waals surface area contributed by atoms with Gasteiger partial charge in [-0.15, -0.1) is 0 Å². The molecule has 5 heteroatoms. The van der Waals surface area contributed by atoms with Gasteiger partial charge in [0.1, 0.15) is 0 Å². The third kappa shape index (κ3) is 15.7. The molecule has 1 aromatic rings. The normalized spacial score (nSPS) is 11.1. The monoisotopic (exact) mass is 491 g/mol. The van der Waals surface area contributed by atoms with Gasteiger partial charge in [-0.1, -0.05) is 102 Å². The zero-order chi connectivity index (χ0) is 26.4. The largest absolute Gasteiger partial charge is 0.545 e. The summed E-state index contributed by atoms with van der Waals surface area (Å²) in [4.78, 5) is 20.8. The van der Waals surface area contributed by atoms with Crippen molar-refractivity contribution in [3.05, 3.63) is 35.4 Å². The Hall–Kier alpha value is -1.88. The summed E-state index contributed by atoms with van der Waals surface area (Å²) in [6.07, 6.45) is 20.5. The van der Waals surface area contributed by atoms with Crippen LogP contribution >= 0.6 is 0 Å². The molecule has 0 aromatic heterocycles. The van der Waals surface area contributed by atoms with Gasteiger partial charge in [-0.2, -0.15) is 0 Å². The quantitative estimate of drug-likeness (QED) is 0.156. The maximum atomic E-state index is 10.4. The molecule has 0 saturated heterocycles. The Kier molecular flexibility index (Phi) is 20.3. The van der Waals surface area contributed by atoms with Gasteiger partial charge in [-0.3, -0.25) is 0 Å². The third-order valence-electron chi connectivity index (χ3n) is 7.38. The first-order valence-corrected chi connectivity index (χ1v) is 14.3. The summed E-state index contributed by atoms with van der Waals surface area (Å²) in [6, 6.07) is 5.31. The number of carboxylic acid groups (broad SMARTS) is 2. The number of hydrogen-bond acceptors (Lipinski definition) is 3. The molecule has 1 N–H and O–H groups in total. The van der Waals surface area contributed by atoms with Crippen LogP contribution in [0.15, 0.2) is 24.3 Å². The van der Waals surface area contributed by atoms with Gasteiger partial charge < -0.3 is 19.5 Å². The highest BCUT2D eigenvalue weighted by Gasteiger charge is 2.19. The molecule has 0 amide bonds. The van der Waals surface area contributed by atoms with E-state index in [0.717, 1.165) is 0 Å². The van der Waals surface area contributed by atoms with Crippen molar-refractivity contribution in [3.8, 4) is 0 Å². The fourth-order valence-corrected chi connectivity index (χ4v) is 4.63. The van der Waals surface area contributed by atoms with E-state index in [2.05, 4.69) is 27.7 Å². The summed E-state index contributed by atoms with van der Waals surface area (Å²) in [6.45, 7) is 14.7. The van der Waals surface area contributed by atoms with Crippen molar-refractivity contribution in [3.63, 3.8) is 0 Å². The molecule has 0 aliphatic rings. The topological polar surface area (TPSA) is 77.4 Å². The first-order valence-electron chi connectivity index (χ1n) is 14.3. The summed E-state index contributed by atoms with van der Waals surface area (Å²) in [5.41, 5.74) is -0.553. The van der Waals surface area contributed by atoms with E-state index in [4.69, 9.17) is 5.11 Å². The molecule has 0 unspecified atom stereocenters. The molecular weight excluding hydrogens is 438 g/mol. The molecule has 202 valence electrons. The minimum absolute atomic E-state index is 0.252. The smallest absolute Gasteiger partial charge is 0.336 e. The van der Waals surface area contributed by atoms with Crippen molar-refractivity contribution < 1.29 is 24.3 Å². The fraction of sp³-hybridized carbons (Fsp3) is 0.733. The van der Waals surface area contributed by atoms with E-state index in [-0.39, 0.29) is 11.1 Å². The Bertz CT molecular complexity index is 629. The fourth-order valence-electron chi connectivity index (χ4n) is 4.63. The molecule has 0 bridgehead atoms. The van der Waals surface area contributed by atoms with E-state index in [9.17, 15) is 14.7 Å². The minimum Gasteiger partial charge on any atom is -0.545 e. The summed E-state index contributed by atoms with van der Waals surface area (Å²) in [7, 11) is 0. The Morgan fingerprint density at radius 1 is 0.657 bits per heavy atom. The van der Waals surface area contributed by atoms with Crippen LogP contribution in [0.2, 0.25) is 0 Å². The predicted molar refractivity (Wildman–Crippen MR) is 145 cm³/mol. The van der Waals surface area contributed by atoms with Gasteiger partial charge in [0.05, 0.1) is 37.7 Å². The first-order chi connectivity index (χ1) is 16.9. The lowest BCUT2D eigenvalue weighted by molar-refractivity contribution is -0.923. The van der Waals surface area contributed by atoms with Crippen LogP contribution < -0.4 is 5.11 Å². The highest BCUT2D eigenvalue weighted by Crippen LogP contribution is 2.14. The van der Waals surface area contributed by atoms with Crippen molar-refractivity contribution in [2.24, 2.45) is 0 Å². The average Bonchev–Trinajstić information content (AvgIpc) is 2.87. The number of rotatable bonds is 20. The molecule has 1 rings (SSSR count). The van der Waals surface area contributed by atoms with Gasteiger partial charge in [0.2, 0.25) is 0 Å². The Morgan fingerprint density at radius 3 is 1.34 bits per heavy atom. The SMILES string of the molecule is CCCCCCCCCCCCCCCC[N+](CC)(CC)CC.O=C([O-])c1ccccc1C(=O)O. The molecule has 0 spiro atoms. The highest BCUT2D eigenvalue weighted by molar-refractivity contribution is 6.00. The van der Waals surface area contributed by atoms with Crippen LogP contribution in [0.25, 0.3) is 0 Å². The molecule has 0 aliphatic carbocycles. The van der Waals surface area contributed by atoms with Crippen molar-refractivity contribution in [1.82, 2.24) is 0 Å². The van der Waals surface area contributed by atoms with Gasteiger partial charge in [-0.25, -0.2) is 4.79 Å². The lowest BCUT2D eigenvalue weighted by atomic mass is 10.0. The first kappa shape index (κ1) is 33.1. The second-order valence-corrected chi connectivity index (χ2v) is 9.75. The summed E-state index contributed by atoms with van der Waals surface area (Å²) in [5.74, 6) is -2.75. The molecule has 0 saturated carbocycles. The van der Waals surface area contributed by atoms with E-state index in [1.807, 2.05) is 0 Å². The van der Waals surface area contributed by atoms with Crippen LogP contribution in [0, 0.1) is 0 Å². The number of carbonyl (C=O) groups is 2. The van der Waals surface area contributed by atoms with Crippen LogP contribution in [0.4, 0.5) is 0 Å². The molecule has 0 aliphatic heterocycles. The maximum Gasteiger partial charge on any atom is 0.336 e. The Balaban J connectivity index is 0.000000801. The number of unbranched alkanes of at least 4 members (excludes halogenated alkanes) is 13. The molecule has 1 aromatic carbocycles. The highest BCUT2D eigenvalue weighted by atomic mass is 16.4. The van der Waals surface area contributed by atoms with Crippen LogP contribution in [-0.4, -0.2) is 47.7 Å². The average molecular weight is 492 g/mol. The standard InChI is InChI=1S/C22H48N.C8H6O4/c1-5-9-10-11-12-13-14-15-16-17-18-19-20-21-22-23(6-2,7-3)8-4;9-7(10)5-3-1-2-4-6(5)8(11)12/h5-22H2,1-4H3;1-4H,(H,9,10)(H,11,12)/q+1;/p-1. The zero-order valence-electron chi connectivity index (χ0n) is 23.2. The van der Waals surface area contributed by atoms with Crippen molar-refractivity contribution in [1.29, 1.82) is 0 Å². The van der Waals surface area contributed by atoms with Gasteiger partial charge in [0, 0.05) is 5.56 Å². The predicted octanol–water partition coefficient (Wildman–Crippen LogP) is 7.09. The lowest BCUT2D eigenvalue weighted by Gasteiger charge is -2.35. The number of nitrogens with zero attached hydrogens (tertiary/aromatic N) is 1. The summed E-state index contributed by atoms with van der Waals surface area (Å²) in [5, 5.41) is 18.9. The molecule has 35 heavy (non-hydrogen) atoms. The summed E-state index contributed by atoms with van der Waals surface area (Å²) >= 11 is 0. The third-order valence-corrected chi connectivity index (χ3v) is 7.38. The van der Waals surface area contributed by atoms with E-state index in [1.165, 1.54) is 145 Å². The molecular formula is C30H53NO4. The second kappa shape index (κ2) is 21.4. The van der Waals surface area contributed by atoms with Gasteiger partial charge in [-0.05, 0) is 39.7 Å². The molecule has 0 fully saturated rings. The van der Waals surface area contributed by atoms with Crippen LogP contribution in [0.5, 0.6) is 0 Å². The van der Waals surface area contributed by atoms with Crippen LogP contribution in [0.3, 0.4) is 0 Å². The van der Waals surface area contributed by atoms with Crippen LogP contribution in [-0.2, 0) is 0 Å². The van der Waals surface area contributed by atoms with Crippen molar-refractivity contribution >= 4 is 11.9 Å². The lowest BCUT2D eigenvalue weighted by Crippen LogP contribution is -2.48. The minimum atomic E-state index is -1.48.